The zero-order valence-corrected chi connectivity index (χ0v) is 12.8. The quantitative estimate of drug-likeness (QED) is 0.347. The molecule has 5 heteroatoms. The minimum Gasteiger partial charge on any atom is -0.496 e. The Morgan fingerprint density at radius 3 is 2.70 bits per heavy atom. The van der Waals surface area contributed by atoms with Crippen molar-refractivity contribution in [3.05, 3.63) is 29.3 Å². The van der Waals surface area contributed by atoms with E-state index in [4.69, 9.17) is 15.7 Å². The molecule has 0 amide bonds. The number of rotatable bonds is 7. The molecule has 1 rings (SSSR count). The highest BCUT2D eigenvalue weighted by Gasteiger charge is 2.10. The van der Waals surface area contributed by atoms with Crippen molar-refractivity contribution in [3.8, 4) is 5.75 Å². The van der Waals surface area contributed by atoms with Crippen LogP contribution in [0.3, 0.4) is 0 Å². The molecule has 0 atom stereocenters. The zero-order chi connectivity index (χ0) is 15.1. The van der Waals surface area contributed by atoms with Crippen molar-refractivity contribution in [1.82, 2.24) is 4.90 Å². The fourth-order valence-corrected chi connectivity index (χ4v) is 1.98. The Kier molecular flexibility index (Phi) is 6.31. The van der Waals surface area contributed by atoms with Gasteiger partial charge >= 0.3 is 0 Å². The lowest BCUT2D eigenvalue weighted by atomic mass is 10.1. The molecule has 0 bridgehead atoms. The van der Waals surface area contributed by atoms with Gasteiger partial charge in [0.2, 0.25) is 0 Å². The third kappa shape index (κ3) is 4.74. The number of ether oxygens (including phenoxy) is 1. The van der Waals surface area contributed by atoms with E-state index in [1.807, 2.05) is 18.2 Å². The molecule has 0 saturated heterocycles. The number of amidine groups is 1. The van der Waals surface area contributed by atoms with E-state index in [2.05, 4.69) is 31.0 Å². The van der Waals surface area contributed by atoms with Gasteiger partial charge in [0.05, 0.1) is 12.7 Å². The summed E-state index contributed by atoms with van der Waals surface area (Å²) in [7, 11) is 3.66. The minimum absolute atomic E-state index is 0.0635. The second-order valence-electron chi connectivity index (χ2n) is 5.44. The Bertz CT molecular complexity index is 458. The van der Waals surface area contributed by atoms with Gasteiger partial charge in [-0.05, 0) is 43.6 Å². The van der Waals surface area contributed by atoms with Crippen LogP contribution in [-0.4, -0.2) is 36.6 Å². The monoisotopic (exact) mass is 279 g/mol. The fourth-order valence-electron chi connectivity index (χ4n) is 1.98. The van der Waals surface area contributed by atoms with Crippen molar-refractivity contribution < 1.29 is 9.94 Å². The van der Waals surface area contributed by atoms with E-state index in [0.717, 1.165) is 18.7 Å². The molecule has 0 unspecified atom stereocenters. The third-order valence-electron chi connectivity index (χ3n) is 3.19. The molecule has 0 fully saturated rings. The molecular formula is C15H25N3O2. The number of benzene rings is 1. The van der Waals surface area contributed by atoms with E-state index >= 15 is 0 Å². The number of oxime groups is 1. The maximum absolute atomic E-state index is 8.82. The molecule has 0 aromatic heterocycles. The van der Waals surface area contributed by atoms with Gasteiger partial charge in [-0.15, -0.1) is 0 Å². The number of methoxy groups -OCH3 is 1. The van der Waals surface area contributed by atoms with Crippen molar-refractivity contribution in [3.63, 3.8) is 0 Å². The zero-order valence-electron chi connectivity index (χ0n) is 12.8. The molecule has 1 aromatic carbocycles. The molecular weight excluding hydrogens is 254 g/mol. The summed E-state index contributed by atoms with van der Waals surface area (Å²) in [5, 5.41) is 11.9. The smallest absolute Gasteiger partial charge is 0.173 e. The molecule has 0 aliphatic heterocycles. The summed E-state index contributed by atoms with van der Waals surface area (Å²) in [4.78, 5) is 2.26. The minimum atomic E-state index is 0.0635. The summed E-state index contributed by atoms with van der Waals surface area (Å²) in [6, 6.07) is 5.75. The third-order valence-corrected chi connectivity index (χ3v) is 3.19. The molecule has 0 radical (unpaired) electrons. The maximum atomic E-state index is 8.82. The van der Waals surface area contributed by atoms with Gasteiger partial charge in [0.1, 0.15) is 5.75 Å². The highest BCUT2D eigenvalue weighted by molar-refractivity contribution is 5.99. The number of hydrogen-bond donors (Lipinski definition) is 2. The highest BCUT2D eigenvalue weighted by atomic mass is 16.5. The van der Waals surface area contributed by atoms with Crippen LogP contribution in [0.2, 0.25) is 0 Å². The first-order valence-electron chi connectivity index (χ1n) is 6.81. The summed E-state index contributed by atoms with van der Waals surface area (Å²) in [6.45, 7) is 6.31. The number of nitrogens with zero attached hydrogens (tertiary/aromatic N) is 2. The lowest BCUT2D eigenvalue weighted by molar-refractivity contribution is 0.303. The molecule has 1 aromatic rings. The SMILES string of the molecule is COc1ccc(CN(C)CCC(C)C)cc1C(N)=NO. The van der Waals surface area contributed by atoms with Gasteiger partial charge in [0, 0.05) is 6.54 Å². The summed E-state index contributed by atoms with van der Waals surface area (Å²) < 4.78 is 5.22. The van der Waals surface area contributed by atoms with Crippen molar-refractivity contribution in [2.45, 2.75) is 26.8 Å². The van der Waals surface area contributed by atoms with Crippen LogP contribution in [-0.2, 0) is 6.54 Å². The molecule has 3 N–H and O–H groups in total. The van der Waals surface area contributed by atoms with E-state index in [1.54, 1.807) is 7.11 Å². The fraction of sp³-hybridized carbons (Fsp3) is 0.533. The van der Waals surface area contributed by atoms with Crippen molar-refractivity contribution in [1.29, 1.82) is 0 Å². The Balaban J connectivity index is 2.81. The number of hydrogen-bond acceptors (Lipinski definition) is 4. The summed E-state index contributed by atoms with van der Waals surface area (Å²) in [6.07, 6.45) is 1.17. The van der Waals surface area contributed by atoms with Crippen LogP contribution in [0.5, 0.6) is 5.75 Å². The van der Waals surface area contributed by atoms with Gasteiger partial charge < -0.3 is 20.6 Å². The predicted octanol–water partition coefficient (Wildman–Crippen LogP) is 2.27. The first-order chi connectivity index (χ1) is 9.47. The normalized spacial score (nSPS) is 12.2. The van der Waals surface area contributed by atoms with Crippen LogP contribution >= 0.6 is 0 Å². The summed E-state index contributed by atoms with van der Waals surface area (Å²) in [5.41, 5.74) is 7.40. The van der Waals surface area contributed by atoms with E-state index in [1.165, 1.54) is 6.42 Å². The lowest BCUT2D eigenvalue weighted by Gasteiger charge is -2.18. The van der Waals surface area contributed by atoms with Gasteiger partial charge in [-0.2, -0.15) is 0 Å². The summed E-state index contributed by atoms with van der Waals surface area (Å²) >= 11 is 0. The van der Waals surface area contributed by atoms with Gasteiger partial charge in [-0.25, -0.2) is 0 Å². The van der Waals surface area contributed by atoms with Gasteiger partial charge in [0.15, 0.2) is 5.84 Å². The van der Waals surface area contributed by atoms with E-state index < -0.39 is 0 Å². The molecule has 0 spiro atoms. The van der Waals surface area contributed by atoms with E-state index in [9.17, 15) is 0 Å². The second-order valence-corrected chi connectivity index (χ2v) is 5.44. The molecule has 0 heterocycles. The standard InChI is InChI=1S/C15H25N3O2/c1-11(2)7-8-18(3)10-12-5-6-14(20-4)13(9-12)15(16)17-19/h5-6,9,11,19H,7-8,10H2,1-4H3,(H2,16,17). The summed E-state index contributed by atoms with van der Waals surface area (Å²) in [5.74, 6) is 1.36. The highest BCUT2D eigenvalue weighted by Crippen LogP contribution is 2.20. The Hall–Kier alpha value is -1.75. The Morgan fingerprint density at radius 2 is 2.15 bits per heavy atom. The number of nitrogens with two attached hydrogens (primary N) is 1. The molecule has 0 aliphatic carbocycles. The van der Waals surface area contributed by atoms with Crippen LogP contribution in [0.15, 0.2) is 23.4 Å². The molecule has 0 aliphatic rings. The van der Waals surface area contributed by atoms with Crippen LogP contribution in [0.25, 0.3) is 0 Å². The Morgan fingerprint density at radius 1 is 1.45 bits per heavy atom. The van der Waals surface area contributed by atoms with Crippen molar-refractivity contribution in [2.75, 3.05) is 20.7 Å². The molecule has 0 saturated carbocycles. The molecule has 20 heavy (non-hydrogen) atoms. The van der Waals surface area contributed by atoms with Crippen molar-refractivity contribution in [2.24, 2.45) is 16.8 Å². The van der Waals surface area contributed by atoms with E-state index in [-0.39, 0.29) is 5.84 Å². The maximum Gasteiger partial charge on any atom is 0.173 e. The average molecular weight is 279 g/mol. The Labute approximate surface area is 121 Å². The van der Waals surface area contributed by atoms with Crippen LogP contribution in [0.4, 0.5) is 0 Å². The first kappa shape index (κ1) is 16.3. The molecule has 112 valence electrons. The van der Waals surface area contributed by atoms with Crippen LogP contribution < -0.4 is 10.5 Å². The van der Waals surface area contributed by atoms with Gasteiger partial charge in [-0.3, -0.25) is 0 Å². The average Bonchev–Trinajstić information content (AvgIpc) is 2.44. The second kappa shape index (κ2) is 7.75. The first-order valence-corrected chi connectivity index (χ1v) is 6.81. The van der Waals surface area contributed by atoms with Crippen LogP contribution in [0, 0.1) is 5.92 Å². The van der Waals surface area contributed by atoms with Crippen LogP contribution in [0.1, 0.15) is 31.4 Å². The predicted molar refractivity (Wildman–Crippen MR) is 81.3 cm³/mol. The lowest BCUT2D eigenvalue weighted by Crippen LogP contribution is -2.21. The van der Waals surface area contributed by atoms with E-state index in [0.29, 0.717) is 17.2 Å². The van der Waals surface area contributed by atoms with Gasteiger partial charge in [0.25, 0.3) is 0 Å². The largest absolute Gasteiger partial charge is 0.496 e. The topological polar surface area (TPSA) is 71.1 Å². The molecule has 5 nitrogen and oxygen atoms in total. The van der Waals surface area contributed by atoms with Gasteiger partial charge in [-0.1, -0.05) is 25.1 Å². The van der Waals surface area contributed by atoms with Crippen molar-refractivity contribution >= 4 is 5.84 Å².